The van der Waals surface area contributed by atoms with Gasteiger partial charge in [-0.25, -0.2) is 0 Å². The van der Waals surface area contributed by atoms with E-state index in [4.69, 9.17) is 0 Å². The van der Waals surface area contributed by atoms with Crippen molar-refractivity contribution in [2.75, 3.05) is 46.3 Å². The maximum Gasteiger partial charge on any atom is 0.191 e. The summed E-state index contributed by atoms with van der Waals surface area (Å²) in [5, 5.41) is 7.31. The first-order valence-electron chi connectivity index (χ1n) is 12.0. The van der Waals surface area contributed by atoms with E-state index in [2.05, 4.69) is 76.5 Å². The van der Waals surface area contributed by atoms with Crippen molar-refractivity contribution in [3.63, 3.8) is 0 Å². The zero-order valence-corrected chi connectivity index (χ0v) is 22.3. The molecule has 0 bridgehead atoms. The molecule has 2 aliphatic heterocycles. The lowest BCUT2D eigenvalue weighted by atomic mass is 9.97. The Morgan fingerprint density at radius 2 is 1.77 bits per heavy atom. The Hall–Kier alpha value is -0.860. The SMILES string of the molecule is CN=C(NCC1CCCN(CC(C)C)C1)NC1CCN(C(C)c2ccccc2)CC1.I. The number of hydrogen-bond donors (Lipinski definition) is 2. The van der Waals surface area contributed by atoms with Gasteiger partial charge in [-0.3, -0.25) is 9.89 Å². The van der Waals surface area contributed by atoms with Crippen LogP contribution >= 0.6 is 24.0 Å². The molecule has 5 nitrogen and oxygen atoms in total. The number of hydrogen-bond acceptors (Lipinski definition) is 3. The zero-order chi connectivity index (χ0) is 21.3. The number of benzene rings is 1. The predicted molar refractivity (Wildman–Crippen MR) is 143 cm³/mol. The fourth-order valence-electron chi connectivity index (χ4n) is 5.00. The Kier molecular flexibility index (Phi) is 11.6. The summed E-state index contributed by atoms with van der Waals surface area (Å²) in [5.74, 6) is 2.46. The minimum atomic E-state index is 0. The number of guanidine groups is 1. The second-order valence-electron chi connectivity index (χ2n) is 9.66. The molecule has 1 aromatic carbocycles. The molecule has 2 heterocycles. The molecule has 2 unspecified atom stereocenters. The van der Waals surface area contributed by atoms with E-state index in [1.165, 1.54) is 50.9 Å². The van der Waals surface area contributed by atoms with E-state index in [0.29, 0.717) is 12.1 Å². The predicted octanol–water partition coefficient (Wildman–Crippen LogP) is 4.36. The van der Waals surface area contributed by atoms with Crippen molar-refractivity contribution in [1.82, 2.24) is 20.4 Å². The second kappa shape index (κ2) is 13.6. The van der Waals surface area contributed by atoms with Crippen LogP contribution in [0.5, 0.6) is 0 Å². The number of aliphatic imine (C=N–C) groups is 1. The number of likely N-dealkylation sites (tertiary alicyclic amines) is 2. The van der Waals surface area contributed by atoms with Crippen LogP contribution in [-0.2, 0) is 0 Å². The normalized spacial score (nSPS) is 22.7. The fraction of sp³-hybridized carbons (Fsp3) is 0.720. The molecular formula is C25H44IN5. The summed E-state index contributed by atoms with van der Waals surface area (Å²) in [7, 11) is 1.90. The minimum Gasteiger partial charge on any atom is -0.356 e. The van der Waals surface area contributed by atoms with Crippen LogP contribution in [0.3, 0.4) is 0 Å². The monoisotopic (exact) mass is 541 g/mol. The van der Waals surface area contributed by atoms with Crippen molar-refractivity contribution in [1.29, 1.82) is 0 Å². The first-order valence-corrected chi connectivity index (χ1v) is 12.0. The molecule has 2 atom stereocenters. The van der Waals surface area contributed by atoms with Gasteiger partial charge in [0.05, 0.1) is 0 Å². The number of rotatable bonds is 7. The van der Waals surface area contributed by atoms with Crippen LogP contribution in [0.4, 0.5) is 0 Å². The van der Waals surface area contributed by atoms with E-state index < -0.39 is 0 Å². The molecule has 0 saturated carbocycles. The standard InChI is InChI=1S/C25H43N5.HI/c1-20(2)18-29-14-8-9-22(19-29)17-27-25(26-4)28-24-12-15-30(16-13-24)21(3)23-10-6-5-7-11-23;/h5-7,10-11,20-22,24H,8-9,12-19H2,1-4H3,(H2,26,27,28);1H. The molecule has 0 amide bonds. The average molecular weight is 542 g/mol. The molecule has 3 rings (SSSR count). The van der Waals surface area contributed by atoms with Gasteiger partial charge in [0.15, 0.2) is 5.96 Å². The fourth-order valence-corrected chi connectivity index (χ4v) is 5.00. The van der Waals surface area contributed by atoms with Crippen molar-refractivity contribution >= 4 is 29.9 Å². The summed E-state index contributed by atoms with van der Waals surface area (Å²) in [6.45, 7) is 14.0. The topological polar surface area (TPSA) is 42.9 Å². The van der Waals surface area contributed by atoms with Crippen LogP contribution in [0.15, 0.2) is 35.3 Å². The van der Waals surface area contributed by atoms with Crippen molar-refractivity contribution in [2.24, 2.45) is 16.8 Å². The highest BCUT2D eigenvalue weighted by atomic mass is 127. The first kappa shape index (κ1) is 26.4. The van der Waals surface area contributed by atoms with E-state index in [9.17, 15) is 0 Å². The van der Waals surface area contributed by atoms with Crippen LogP contribution < -0.4 is 10.6 Å². The van der Waals surface area contributed by atoms with E-state index >= 15 is 0 Å². The molecule has 1 aromatic rings. The third-order valence-electron chi connectivity index (χ3n) is 6.71. The highest BCUT2D eigenvalue weighted by Gasteiger charge is 2.25. The molecule has 2 fully saturated rings. The number of nitrogens with one attached hydrogen (secondary N) is 2. The highest BCUT2D eigenvalue weighted by Crippen LogP contribution is 2.24. The molecule has 6 heteroatoms. The van der Waals surface area contributed by atoms with Crippen molar-refractivity contribution in [3.8, 4) is 0 Å². The third-order valence-corrected chi connectivity index (χ3v) is 6.71. The smallest absolute Gasteiger partial charge is 0.191 e. The molecule has 176 valence electrons. The van der Waals surface area contributed by atoms with Crippen molar-refractivity contribution in [2.45, 2.75) is 58.5 Å². The Labute approximate surface area is 207 Å². The van der Waals surface area contributed by atoms with Gasteiger partial charge < -0.3 is 15.5 Å². The summed E-state index contributed by atoms with van der Waals surface area (Å²) in [4.78, 5) is 9.75. The first-order chi connectivity index (χ1) is 14.5. The summed E-state index contributed by atoms with van der Waals surface area (Å²) in [6.07, 6.45) is 4.99. The maximum atomic E-state index is 4.50. The number of piperidine rings is 2. The quantitative estimate of drug-likeness (QED) is 0.306. The molecule has 0 aliphatic carbocycles. The molecule has 2 N–H and O–H groups in total. The van der Waals surface area contributed by atoms with Gasteiger partial charge in [0.25, 0.3) is 0 Å². The summed E-state index contributed by atoms with van der Waals surface area (Å²) < 4.78 is 0. The largest absolute Gasteiger partial charge is 0.356 e. The molecule has 0 spiro atoms. The Morgan fingerprint density at radius 1 is 1.06 bits per heavy atom. The van der Waals surface area contributed by atoms with Gasteiger partial charge in [0.2, 0.25) is 0 Å². The summed E-state index contributed by atoms with van der Waals surface area (Å²) in [6, 6.07) is 11.9. The Bertz CT molecular complexity index is 643. The second-order valence-corrected chi connectivity index (χ2v) is 9.66. The van der Waals surface area contributed by atoms with Crippen molar-refractivity contribution in [3.05, 3.63) is 35.9 Å². The summed E-state index contributed by atoms with van der Waals surface area (Å²) >= 11 is 0. The Balaban J connectivity index is 0.00000341. The Morgan fingerprint density at radius 3 is 2.42 bits per heavy atom. The van der Waals surface area contributed by atoms with Gasteiger partial charge in [0, 0.05) is 51.9 Å². The van der Waals surface area contributed by atoms with Crippen LogP contribution in [0.25, 0.3) is 0 Å². The van der Waals surface area contributed by atoms with Gasteiger partial charge >= 0.3 is 0 Å². The van der Waals surface area contributed by atoms with Crippen LogP contribution in [-0.4, -0.2) is 68.1 Å². The van der Waals surface area contributed by atoms with E-state index in [1.54, 1.807) is 0 Å². The highest BCUT2D eigenvalue weighted by molar-refractivity contribution is 14.0. The van der Waals surface area contributed by atoms with E-state index in [-0.39, 0.29) is 24.0 Å². The molecule has 0 aromatic heterocycles. The van der Waals surface area contributed by atoms with Gasteiger partial charge in [-0.2, -0.15) is 0 Å². The van der Waals surface area contributed by atoms with Gasteiger partial charge in [-0.15, -0.1) is 24.0 Å². The molecule has 2 saturated heterocycles. The van der Waals surface area contributed by atoms with E-state index in [1.807, 2.05) is 7.05 Å². The van der Waals surface area contributed by atoms with Crippen LogP contribution in [0.1, 0.15) is 58.1 Å². The minimum absolute atomic E-state index is 0. The lowest BCUT2D eigenvalue weighted by Crippen LogP contribution is -2.50. The lowest BCUT2D eigenvalue weighted by Gasteiger charge is -2.37. The van der Waals surface area contributed by atoms with Crippen LogP contribution in [0, 0.1) is 11.8 Å². The molecule has 31 heavy (non-hydrogen) atoms. The van der Waals surface area contributed by atoms with Gasteiger partial charge in [0.1, 0.15) is 0 Å². The lowest BCUT2D eigenvalue weighted by molar-refractivity contribution is 0.156. The summed E-state index contributed by atoms with van der Waals surface area (Å²) in [5.41, 5.74) is 1.42. The van der Waals surface area contributed by atoms with Crippen LogP contribution in [0.2, 0.25) is 0 Å². The maximum absolute atomic E-state index is 4.50. The third kappa shape index (κ3) is 8.54. The number of nitrogens with zero attached hydrogens (tertiary/aromatic N) is 3. The molecule has 0 radical (unpaired) electrons. The number of halogens is 1. The average Bonchev–Trinajstić information content (AvgIpc) is 2.77. The molecule has 2 aliphatic rings. The van der Waals surface area contributed by atoms with Crippen molar-refractivity contribution < 1.29 is 0 Å². The van der Waals surface area contributed by atoms with Gasteiger partial charge in [-0.05, 0) is 56.6 Å². The van der Waals surface area contributed by atoms with E-state index in [0.717, 1.165) is 37.4 Å². The van der Waals surface area contributed by atoms with Gasteiger partial charge in [-0.1, -0.05) is 44.2 Å². The zero-order valence-electron chi connectivity index (χ0n) is 20.0. The molecular weight excluding hydrogens is 497 g/mol.